The van der Waals surface area contributed by atoms with Gasteiger partial charge >= 0.3 is 0 Å². The molecule has 0 aromatic carbocycles. The van der Waals surface area contributed by atoms with E-state index in [1.54, 1.807) is 0 Å². The number of likely N-dealkylation sites (tertiary alicyclic amines) is 1. The predicted molar refractivity (Wildman–Crippen MR) is 67.8 cm³/mol. The first-order valence-corrected chi connectivity index (χ1v) is 6.19. The lowest BCUT2D eigenvalue weighted by Gasteiger charge is -2.25. The minimum Gasteiger partial charge on any atom is -0.341 e. The van der Waals surface area contributed by atoms with Gasteiger partial charge in [0, 0.05) is 31.6 Å². The molecule has 2 atom stereocenters. The van der Waals surface area contributed by atoms with Gasteiger partial charge < -0.3 is 10.2 Å². The number of halogens is 1. The Bertz CT molecular complexity index is 245. The molecule has 0 aromatic rings. The van der Waals surface area contributed by atoms with E-state index in [4.69, 9.17) is 0 Å². The van der Waals surface area contributed by atoms with Gasteiger partial charge in [0.2, 0.25) is 5.91 Å². The first kappa shape index (κ1) is 13.8. The van der Waals surface area contributed by atoms with Gasteiger partial charge in [-0.15, -0.1) is 12.4 Å². The predicted octanol–water partition coefficient (Wildman–Crippen LogP) is 1.81. The Morgan fingerprint density at radius 2 is 2.00 bits per heavy atom. The molecule has 94 valence electrons. The van der Waals surface area contributed by atoms with E-state index in [1.807, 2.05) is 0 Å². The zero-order valence-electron chi connectivity index (χ0n) is 10.2. The third-order valence-corrected chi connectivity index (χ3v) is 3.46. The number of carbonyl (C=O) groups is 1. The van der Waals surface area contributed by atoms with Crippen molar-refractivity contribution in [3.63, 3.8) is 0 Å². The molecule has 2 saturated heterocycles. The summed E-state index contributed by atoms with van der Waals surface area (Å²) in [5, 5.41) is 3.60. The minimum absolute atomic E-state index is 0. The summed E-state index contributed by atoms with van der Waals surface area (Å²) in [5.41, 5.74) is 0. The molecule has 2 fully saturated rings. The molecule has 2 heterocycles. The number of amides is 1. The highest BCUT2D eigenvalue weighted by Crippen LogP contribution is 2.21. The van der Waals surface area contributed by atoms with Crippen LogP contribution < -0.4 is 5.32 Å². The Kier molecular flexibility index (Phi) is 5.06. The first-order valence-electron chi connectivity index (χ1n) is 6.19. The van der Waals surface area contributed by atoms with Crippen molar-refractivity contribution in [1.29, 1.82) is 0 Å². The third-order valence-electron chi connectivity index (χ3n) is 3.46. The van der Waals surface area contributed by atoms with Crippen LogP contribution in [0.3, 0.4) is 0 Å². The number of hydrogen-bond acceptors (Lipinski definition) is 2. The Labute approximate surface area is 104 Å². The number of fused-ring (bicyclic) bond motifs is 2. The second kappa shape index (κ2) is 5.87. The SMILES string of the molecule is CC(C)CC(=O)N1CCC2CCC(C1)N2.Cl. The molecular formula is C12H23ClN2O. The maximum atomic E-state index is 11.9. The Morgan fingerprint density at radius 1 is 1.31 bits per heavy atom. The second-order valence-electron chi connectivity index (χ2n) is 5.36. The molecule has 2 aliphatic rings. The number of rotatable bonds is 2. The summed E-state index contributed by atoms with van der Waals surface area (Å²) in [6.45, 7) is 6.11. The van der Waals surface area contributed by atoms with E-state index in [0.29, 0.717) is 30.3 Å². The quantitative estimate of drug-likeness (QED) is 0.806. The van der Waals surface area contributed by atoms with Crippen LogP contribution in [0.1, 0.15) is 39.5 Å². The summed E-state index contributed by atoms with van der Waals surface area (Å²) in [6.07, 6.45) is 4.39. The van der Waals surface area contributed by atoms with Crippen LogP contribution >= 0.6 is 12.4 Å². The van der Waals surface area contributed by atoms with Crippen LogP contribution in [0.2, 0.25) is 0 Å². The highest BCUT2D eigenvalue weighted by molar-refractivity contribution is 5.85. The Balaban J connectivity index is 0.00000128. The van der Waals surface area contributed by atoms with Gasteiger partial charge in [0.15, 0.2) is 0 Å². The highest BCUT2D eigenvalue weighted by atomic mass is 35.5. The van der Waals surface area contributed by atoms with Gasteiger partial charge in [0.05, 0.1) is 0 Å². The van der Waals surface area contributed by atoms with Crippen LogP contribution in [-0.2, 0) is 4.79 Å². The summed E-state index contributed by atoms with van der Waals surface area (Å²) in [7, 11) is 0. The molecule has 2 bridgehead atoms. The van der Waals surface area contributed by atoms with Crippen molar-refractivity contribution >= 4 is 18.3 Å². The van der Waals surface area contributed by atoms with Crippen molar-refractivity contribution in [3.8, 4) is 0 Å². The lowest BCUT2D eigenvalue weighted by atomic mass is 10.1. The largest absolute Gasteiger partial charge is 0.341 e. The number of hydrogen-bond donors (Lipinski definition) is 1. The average Bonchev–Trinajstić information content (AvgIpc) is 2.44. The zero-order chi connectivity index (χ0) is 10.8. The topological polar surface area (TPSA) is 32.3 Å². The fourth-order valence-corrected chi connectivity index (χ4v) is 2.65. The molecule has 0 saturated carbocycles. The maximum Gasteiger partial charge on any atom is 0.222 e. The van der Waals surface area contributed by atoms with Crippen molar-refractivity contribution in [2.45, 2.75) is 51.6 Å². The van der Waals surface area contributed by atoms with Crippen LogP contribution in [0, 0.1) is 5.92 Å². The van der Waals surface area contributed by atoms with Gasteiger partial charge in [-0.1, -0.05) is 13.8 Å². The van der Waals surface area contributed by atoms with Crippen LogP contribution in [0.15, 0.2) is 0 Å². The molecule has 2 aliphatic heterocycles. The van der Waals surface area contributed by atoms with Gasteiger partial charge in [-0.3, -0.25) is 4.79 Å². The van der Waals surface area contributed by atoms with Crippen molar-refractivity contribution in [1.82, 2.24) is 10.2 Å². The van der Waals surface area contributed by atoms with E-state index in [9.17, 15) is 4.79 Å². The molecule has 0 spiro atoms. The van der Waals surface area contributed by atoms with Gasteiger partial charge in [-0.2, -0.15) is 0 Å². The van der Waals surface area contributed by atoms with Gasteiger partial charge in [-0.25, -0.2) is 0 Å². The molecule has 0 radical (unpaired) electrons. The monoisotopic (exact) mass is 246 g/mol. The zero-order valence-corrected chi connectivity index (χ0v) is 11.1. The standard InChI is InChI=1S/C12H22N2O.ClH/c1-9(2)7-12(15)14-6-5-10-3-4-11(8-14)13-10;/h9-11,13H,3-8H2,1-2H3;1H. The molecule has 4 heteroatoms. The van der Waals surface area contributed by atoms with E-state index >= 15 is 0 Å². The molecule has 2 rings (SSSR count). The number of nitrogens with one attached hydrogen (secondary N) is 1. The number of carbonyl (C=O) groups excluding carboxylic acids is 1. The number of nitrogens with zero attached hydrogens (tertiary/aromatic N) is 1. The average molecular weight is 247 g/mol. The molecule has 1 amide bonds. The summed E-state index contributed by atoms with van der Waals surface area (Å²) < 4.78 is 0. The third kappa shape index (κ3) is 3.36. The lowest BCUT2D eigenvalue weighted by molar-refractivity contribution is -0.132. The molecule has 2 unspecified atom stereocenters. The van der Waals surface area contributed by atoms with Gasteiger partial charge in [-0.05, 0) is 25.2 Å². The van der Waals surface area contributed by atoms with Crippen LogP contribution in [0.4, 0.5) is 0 Å². The van der Waals surface area contributed by atoms with E-state index in [1.165, 1.54) is 12.8 Å². The second-order valence-corrected chi connectivity index (χ2v) is 5.36. The van der Waals surface area contributed by atoms with Crippen molar-refractivity contribution in [2.75, 3.05) is 13.1 Å². The van der Waals surface area contributed by atoms with E-state index in [2.05, 4.69) is 24.1 Å². The fourth-order valence-electron chi connectivity index (χ4n) is 2.65. The smallest absolute Gasteiger partial charge is 0.222 e. The van der Waals surface area contributed by atoms with Gasteiger partial charge in [0.1, 0.15) is 0 Å². The normalized spacial score (nSPS) is 28.8. The molecule has 0 aromatic heterocycles. The molecule has 0 aliphatic carbocycles. The summed E-state index contributed by atoms with van der Waals surface area (Å²) in [4.78, 5) is 14.0. The van der Waals surface area contributed by atoms with Crippen molar-refractivity contribution in [3.05, 3.63) is 0 Å². The minimum atomic E-state index is 0. The first-order chi connectivity index (χ1) is 7.15. The van der Waals surface area contributed by atoms with Crippen LogP contribution in [-0.4, -0.2) is 36.0 Å². The molecular weight excluding hydrogens is 224 g/mol. The van der Waals surface area contributed by atoms with Crippen molar-refractivity contribution < 1.29 is 4.79 Å². The van der Waals surface area contributed by atoms with E-state index in [0.717, 1.165) is 19.5 Å². The highest BCUT2D eigenvalue weighted by Gasteiger charge is 2.30. The Morgan fingerprint density at radius 3 is 2.69 bits per heavy atom. The van der Waals surface area contributed by atoms with E-state index < -0.39 is 0 Å². The summed E-state index contributed by atoms with van der Waals surface area (Å²) in [5.74, 6) is 0.824. The van der Waals surface area contributed by atoms with Crippen LogP contribution in [0.5, 0.6) is 0 Å². The molecule has 16 heavy (non-hydrogen) atoms. The Hall–Kier alpha value is -0.280. The summed E-state index contributed by atoms with van der Waals surface area (Å²) >= 11 is 0. The lowest BCUT2D eigenvalue weighted by Crippen LogP contribution is -2.39. The van der Waals surface area contributed by atoms with Crippen LogP contribution in [0.25, 0.3) is 0 Å². The fraction of sp³-hybridized carbons (Fsp3) is 0.917. The molecule has 1 N–H and O–H groups in total. The molecule has 3 nitrogen and oxygen atoms in total. The van der Waals surface area contributed by atoms with Crippen molar-refractivity contribution in [2.24, 2.45) is 5.92 Å². The van der Waals surface area contributed by atoms with E-state index in [-0.39, 0.29) is 12.4 Å². The maximum absolute atomic E-state index is 11.9. The van der Waals surface area contributed by atoms with Gasteiger partial charge in [0.25, 0.3) is 0 Å². The summed E-state index contributed by atoms with van der Waals surface area (Å²) in [6, 6.07) is 1.24.